The van der Waals surface area contributed by atoms with Gasteiger partial charge in [-0.1, -0.05) is 18.5 Å². The molecule has 0 unspecified atom stereocenters. The molecule has 0 amide bonds. The van der Waals surface area contributed by atoms with E-state index in [1.807, 2.05) is 24.3 Å². The molecule has 0 radical (unpaired) electrons. The maximum Gasteiger partial charge on any atom is 0.119 e. The summed E-state index contributed by atoms with van der Waals surface area (Å²) in [4.78, 5) is 0. The first-order valence-electron chi connectivity index (χ1n) is 5.49. The largest absolute Gasteiger partial charge is 0.491 e. The first-order valence-corrected chi connectivity index (χ1v) is 5.87. The van der Waals surface area contributed by atoms with Crippen molar-refractivity contribution in [1.82, 2.24) is 5.32 Å². The highest BCUT2D eigenvalue weighted by molar-refractivity contribution is 6.30. The minimum atomic E-state index is 0.563. The average molecular weight is 244 g/mol. The van der Waals surface area contributed by atoms with Gasteiger partial charge in [-0.2, -0.15) is 0 Å². The zero-order chi connectivity index (χ0) is 11.6. The van der Waals surface area contributed by atoms with Gasteiger partial charge >= 0.3 is 0 Å². The van der Waals surface area contributed by atoms with Gasteiger partial charge in [0.25, 0.3) is 0 Å². The molecule has 0 aliphatic rings. The van der Waals surface area contributed by atoms with Crippen molar-refractivity contribution in [2.24, 2.45) is 0 Å². The predicted molar refractivity (Wildman–Crippen MR) is 66.3 cm³/mol. The number of ether oxygens (including phenoxy) is 2. The summed E-state index contributed by atoms with van der Waals surface area (Å²) < 4.78 is 10.8. The van der Waals surface area contributed by atoms with Crippen molar-refractivity contribution in [2.75, 3.05) is 32.9 Å². The summed E-state index contributed by atoms with van der Waals surface area (Å²) in [5, 5.41) is 3.90. The van der Waals surface area contributed by atoms with Gasteiger partial charge in [0.2, 0.25) is 0 Å². The second kappa shape index (κ2) is 8.39. The lowest BCUT2D eigenvalue weighted by Crippen LogP contribution is -2.20. The van der Waals surface area contributed by atoms with Crippen molar-refractivity contribution in [1.29, 1.82) is 0 Å². The van der Waals surface area contributed by atoms with Gasteiger partial charge in [0.1, 0.15) is 12.4 Å². The maximum absolute atomic E-state index is 5.76. The maximum atomic E-state index is 5.76. The van der Waals surface area contributed by atoms with E-state index in [0.717, 1.165) is 25.4 Å². The van der Waals surface area contributed by atoms with Crippen LogP contribution in [0.1, 0.15) is 6.92 Å². The van der Waals surface area contributed by atoms with Crippen molar-refractivity contribution in [3.05, 3.63) is 29.3 Å². The molecule has 1 aromatic carbocycles. The third kappa shape index (κ3) is 5.95. The Morgan fingerprint density at radius 2 is 1.88 bits per heavy atom. The van der Waals surface area contributed by atoms with Gasteiger partial charge in [0, 0.05) is 11.6 Å². The first-order chi connectivity index (χ1) is 7.83. The van der Waals surface area contributed by atoms with Crippen molar-refractivity contribution < 1.29 is 9.47 Å². The van der Waals surface area contributed by atoms with E-state index in [1.165, 1.54) is 0 Å². The predicted octanol–water partition coefficient (Wildman–Crippen LogP) is 2.34. The summed E-state index contributed by atoms with van der Waals surface area (Å²) in [6, 6.07) is 7.31. The molecule has 0 aliphatic heterocycles. The Morgan fingerprint density at radius 3 is 2.56 bits per heavy atom. The molecule has 0 aliphatic carbocycles. The molecule has 0 heterocycles. The molecule has 0 aromatic heterocycles. The molecular weight excluding hydrogens is 226 g/mol. The molecule has 16 heavy (non-hydrogen) atoms. The van der Waals surface area contributed by atoms with E-state index in [2.05, 4.69) is 12.2 Å². The summed E-state index contributed by atoms with van der Waals surface area (Å²) in [6.07, 6.45) is 0. The van der Waals surface area contributed by atoms with Crippen LogP contribution in [-0.4, -0.2) is 32.9 Å². The normalized spacial score (nSPS) is 10.4. The second-order valence-electron chi connectivity index (χ2n) is 3.27. The third-order valence-corrected chi connectivity index (χ3v) is 2.24. The van der Waals surface area contributed by atoms with Gasteiger partial charge < -0.3 is 14.8 Å². The molecule has 0 saturated heterocycles. The number of benzene rings is 1. The van der Waals surface area contributed by atoms with E-state index in [-0.39, 0.29) is 0 Å². The monoisotopic (exact) mass is 243 g/mol. The minimum absolute atomic E-state index is 0.563. The molecule has 0 fully saturated rings. The zero-order valence-electron chi connectivity index (χ0n) is 9.54. The Kier molecular flexibility index (Phi) is 6.97. The van der Waals surface area contributed by atoms with Crippen LogP contribution in [-0.2, 0) is 4.74 Å². The average Bonchev–Trinajstić information content (AvgIpc) is 2.30. The van der Waals surface area contributed by atoms with Crippen molar-refractivity contribution in [3.8, 4) is 5.75 Å². The van der Waals surface area contributed by atoms with E-state index in [9.17, 15) is 0 Å². The minimum Gasteiger partial charge on any atom is -0.491 e. The van der Waals surface area contributed by atoms with Gasteiger partial charge in [-0.3, -0.25) is 0 Å². The summed E-state index contributed by atoms with van der Waals surface area (Å²) in [5.41, 5.74) is 0. The van der Waals surface area contributed by atoms with Gasteiger partial charge in [0.15, 0.2) is 0 Å². The highest BCUT2D eigenvalue weighted by Gasteiger charge is 1.93. The molecule has 1 aromatic rings. The molecule has 0 spiro atoms. The third-order valence-electron chi connectivity index (χ3n) is 1.98. The quantitative estimate of drug-likeness (QED) is 0.711. The first kappa shape index (κ1) is 13.3. The smallest absolute Gasteiger partial charge is 0.119 e. The number of rotatable bonds is 8. The number of nitrogens with one attached hydrogen (secondary N) is 1. The van der Waals surface area contributed by atoms with Crippen LogP contribution in [0.5, 0.6) is 5.75 Å². The van der Waals surface area contributed by atoms with E-state index in [0.29, 0.717) is 18.2 Å². The van der Waals surface area contributed by atoms with E-state index >= 15 is 0 Å². The van der Waals surface area contributed by atoms with Crippen molar-refractivity contribution in [3.63, 3.8) is 0 Å². The lowest BCUT2D eigenvalue weighted by molar-refractivity contribution is 0.102. The molecule has 1 N–H and O–H groups in total. The Bertz CT molecular complexity index is 277. The summed E-state index contributed by atoms with van der Waals surface area (Å²) in [6.45, 7) is 5.82. The fraction of sp³-hybridized carbons (Fsp3) is 0.500. The molecular formula is C12H18ClNO2. The molecule has 90 valence electrons. The number of likely N-dealkylation sites (N-methyl/N-ethyl adjacent to an activating group) is 1. The highest BCUT2D eigenvalue weighted by atomic mass is 35.5. The van der Waals surface area contributed by atoms with Gasteiger partial charge in [-0.05, 0) is 30.8 Å². The number of halogens is 1. The summed E-state index contributed by atoms with van der Waals surface area (Å²) in [5.74, 6) is 0.819. The Morgan fingerprint density at radius 1 is 1.12 bits per heavy atom. The van der Waals surface area contributed by atoms with Crippen LogP contribution >= 0.6 is 11.6 Å². The van der Waals surface area contributed by atoms with E-state index in [1.54, 1.807) is 0 Å². The van der Waals surface area contributed by atoms with Crippen LogP contribution in [0, 0.1) is 0 Å². The van der Waals surface area contributed by atoms with Crippen LogP contribution in [0.2, 0.25) is 5.02 Å². The fourth-order valence-electron chi connectivity index (χ4n) is 1.17. The van der Waals surface area contributed by atoms with E-state index < -0.39 is 0 Å². The summed E-state index contributed by atoms with van der Waals surface area (Å²) >= 11 is 5.76. The SMILES string of the molecule is CCNCCOCCOc1ccc(Cl)cc1. The van der Waals surface area contributed by atoms with Gasteiger partial charge in [-0.15, -0.1) is 0 Å². The van der Waals surface area contributed by atoms with Gasteiger partial charge in [0.05, 0.1) is 13.2 Å². The highest BCUT2D eigenvalue weighted by Crippen LogP contribution is 2.15. The lowest BCUT2D eigenvalue weighted by Gasteiger charge is -2.07. The number of hydrogen-bond donors (Lipinski definition) is 1. The molecule has 4 heteroatoms. The van der Waals surface area contributed by atoms with Crippen LogP contribution in [0.15, 0.2) is 24.3 Å². The van der Waals surface area contributed by atoms with Crippen LogP contribution in [0.4, 0.5) is 0 Å². The standard InChI is InChI=1S/C12H18ClNO2/c1-2-14-7-8-15-9-10-16-12-5-3-11(13)4-6-12/h3-6,14H,2,7-10H2,1H3. The number of hydrogen-bond acceptors (Lipinski definition) is 3. The molecule has 0 saturated carbocycles. The topological polar surface area (TPSA) is 30.5 Å². The van der Waals surface area contributed by atoms with Crippen LogP contribution < -0.4 is 10.1 Å². The summed E-state index contributed by atoms with van der Waals surface area (Å²) in [7, 11) is 0. The Labute approximate surface area is 102 Å². The lowest BCUT2D eigenvalue weighted by atomic mass is 10.3. The molecule has 1 rings (SSSR count). The van der Waals surface area contributed by atoms with Crippen LogP contribution in [0.25, 0.3) is 0 Å². The van der Waals surface area contributed by atoms with Crippen molar-refractivity contribution in [2.45, 2.75) is 6.92 Å². The Balaban J connectivity index is 2.01. The van der Waals surface area contributed by atoms with Crippen LogP contribution in [0.3, 0.4) is 0 Å². The fourth-order valence-corrected chi connectivity index (χ4v) is 1.30. The Hall–Kier alpha value is -0.770. The molecule has 0 bridgehead atoms. The second-order valence-corrected chi connectivity index (χ2v) is 3.70. The van der Waals surface area contributed by atoms with Crippen molar-refractivity contribution >= 4 is 11.6 Å². The van der Waals surface area contributed by atoms with E-state index in [4.69, 9.17) is 21.1 Å². The molecule has 3 nitrogen and oxygen atoms in total. The molecule has 0 atom stereocenters. The van der Waals surface area contributed by atoms with Gasteiger partial charge in [-0.25, -0.2) is 0 Å². The zero-order valence-corrected chi connectivity index (χ0v) is 10.3.